The van der Waals surface area contributed by atoms with E-state index in [2.05, 4.69) is 10.6 Å². The van der Waals surface area contributed by atoms with E-state index in [4.69, 9.17) is 21.1 Å². The van der Waals surface area contributed by atoms with Crippen molar-refractivity contribution in [3.8, 4) is 5.75 Å². The van der Waals surface area contributed by atoms with Crippen LogP contribution in [0.25, 0.3) is 0 Å². The number of hydrogen-bond donors (Lipinski definition) is 2. The molecule has 0 saturated carbocycles. The van der Waals surface area contributed by atoms with Crippen LogP contribution in [-0.4, -0.2) is 19.1 Å². The number of carbonyl (C=O) groups is 2. The first-order valence-electron chi connectivity index (χ1n) is 9.25. The number of methoxy groups -OCH3 is 1. The summed E-state index contributed by atoms with van der Waals surface area (Å²) < 4.78 is 24.0. The molecule has 0 bridgehead atoms. The second-order valence-corrected chi connectivity index (χ2v) is 7.47. The van der Waals surface area contributed by atoms with Crippen LogP contribution in [0.15, 0.2) is 41.6 Å². The van der Waals surface area contributed by atoms with Gasteiger partial charge in [0.05, 0.1) is 23.7 Å². The van der Waals surface area contributed by atoms with Crippen molar-refractivity contribution in [1.29, 1.82) is 0 Å². The second kappa shape index (κ2) is 8.75. The molecule has 30 heavy (non-hydrogen) atoms. The normalized spacial score (nSPS) is 16.1. The maximum absolute atomic E-state index is 13.3. The van der Waals surface area contributed by atoms with Crippen LogP contribution >= 0.6 is 11.6 Å². The summed E-state index contributed by atoms with van der Waals surface area (Å²) in [5.41, 5.74) is 4.15. The molecule has 6 nitrogen and oxygen atoms in total. The lowest BCUT2D eigenvalue weighted by Crippen LogP contribution is -2.45. The molecule has 1 unspecified atom stereocenters. The van der Waals surface area contributed by atoms with Gasteiger partial charge in [0.25, 0.3) is 0 Å². The number of hydrogen-bond acceptors (Lipinski definition) is 4. The van der Waals surface area contributed by atoms with E-state index in [1.165, 1.54) is 25.3 Å². The van der Waals surface area contributed by atoms with Crippen LogP contribution < -0.4 is 15.4 Å². The van der Waals surface area contributed by atoms with Gasteiger partial charge in [-0.2, -0.15) is 0 Å². The fourth-order valence-corrected chi connectivity index (χ4v) is 3.69. The Kier molecular flexibility index (Phi) is 6.31. The van der Waals surface area contributed by atoms with Crippen LogP contribution in [0.2, 0.25) is 5.02 Å². The summed E-state index contributed by atoms with van der Waals surface area (Å²) in [4.78, 5) is 24.5. The highest BCUT2D eigenvalue weighted by Crippen LogP contribution is 2.33. The number of benzene rings is 2. The van der Waals surface area contributed by atoms with Gasteiger partial charge in [0, 0.05) is 5.70 Å². The van der Waals surface area contributed by atoms with Crippen molar-refractivity contribution in [2.75, 3.05) is 7.11 Å². The minimum atomic E-state index is -0.667. The van der Waals surface area contributed by atoms with Gasteiger partial charge < -0.3 is 20.1 Å². The molecular weight excluding hydrogens is 411 g/mol. The zero-order valence-corrected chi connectivity index (χ0v) is 17.8. The Morgan fingerprint density at radius 2 is 1.93 bits per heavy atom. The minimum absolute atomic E-state index is 0.178. The van der Waals surface area contributed by atoms with E-state index >= 15 is 0 Å². The number of nitrogens with one attached hydrogen (secondary N) is 2. The summed E-state index contributed by atoms with van der Waals surface area (Å²) in [5, 5.41) is 5.59. The number of ether oxygens (including phenoxy) is 2. The highest BCUT2D eigenvalue weighted by atomic mass is 35.5. The summed E-state index contributed by atoms with van der Waals surface area (Å²) in [6.45, 7) is 5.64. The van der Waals surface area contributed by atoms with Gasteiger partial charge in [-0.05, 0) is 55.7 Å². The Morgan fingerprint density at radius 3 is 2.60 bits per heavy atom. The average Bonchev–Trinajstić information content (AvgIpc) is 2.68. The van der Waals surface area contributed by atoms with Crippen LogP contribution in [0.4, 0.5) is 9.18 Å². The number of esters is 1. The molecule has 0 saturated heterocycles. The first-order valence-corrected chi connectivity index (χ1v) is 9.63. The van der Waals surface area contributed by atoms with E-state index < -0.39 is 23.9 Å². The molecule has 0 aliphatic carbocycles. The van der Waals surface area contributed by atoms with Gasteiger partial charge in [-0.1, -0.05) is 29.3 Å². The van der Waals surface area contributed by atoms with Crippen molar-refractivity contribution >= 4 is 23.6 Å². The molecule has 0 aromatic heterocycles. The largest absolute Gasteiger partial charge is 0.487 e. The van der Waals surface area contributed by atoms with Gasteiger partial charge in [-0.15, -0.1) is 0 Å². The first kappa shape index (κ1) is 21.6. The Hall–Kier alpha value is -3.06. The van der Waals surface area contributed by atoms with Gasteiger partial charge >= 0.3 is 12.0 Å². The molecule has 2 aromatic rings. The molecule has 0 spiro atoms. The zero-order valence-electron chi connectivity index (χ0n) is 17.1. The third kappa shape index (κ3) is 4.41. The molecule has 1 atom stereocenters. The lowest BCUT2D eigenvalue weighted by Gasteiger charge is -2.29. The van der Waals surface area contributed by atoms with Crippen LogP contribution in [0.5, 0.6) is 5.75 Å². The average molecular weight is 433 g/mol. The number of rotatable bonds is 5. The highest BCUT2D eigenvalue weighted by Gasteiger charge is 2.33. The van der Waals surface area contributed by atoms with Crippen molar-refractivity contribution < 1.29 is 23.5 Å². The summed E-state index contributed by atoms with van der Waals surface area (Å²) in [6.07, 6.45) is 0. The van der Waals surface area contributed by atoms with Gasteiger partial charge in [0.15, 0.2) is 0 Å². The quantitative estimate of drug-likeness (QED) is 0.683. The zero-order chi connectivity index (χ0) is 22.0. The van der Waals surface area contributed by atoms with Crippen LogP contribution in [0.3, 0.4) is 0 Å². The van der Waals surface area contributed by atoms with E-state index in [-0.39, 0.29) is 11.6 Å². The summed E-state index contributed by atoms with van der Waals surface area (Å²) >= 11 is 6.04. The molecule has 1 aliphatic heterocycles. The third-order valence-corrected chi connectivity index (χ3v) is 5.26. The summed E-state index contributed by atoms with van der Waals surface area (Å²) in [7, 11) is 1.30. The standard InChI is InChI=1S/C22H22ClFN2O4/c1-11-7-14(10-30-18-6-5-15(24)9-17(18)23)12(2)16(8-11)20-19(21(27)29-4)13(3)25-22(28)26-20/h5-9,20H,10H2,1-4H3,(H2,25,26,28). The molecule has 158 valence electrons. The summed E-state index contributed by atoms with van der Waals surface area (Å²) in [5.74, 6) is -0.607. The van der Waals surface area contributed by atoms with E-state index in [1.54, 1.807) is 6.92 Å². The Bertz CT molecular complexity index is 1050. The van der Waals surface area contributed by atoms with Gasteiger partial charge in [0.2, 0.25) is 0 Å². The summed E-state index contributed by atoms with van der Waals surface area (Å²) in [6, 6.07) is 6.73. The molecule has 8 heteroatoms. The Labute approximate surface area is 179 Å². The maximum atomic E-state index is 13.3. The third-order valence-electron chi connectivity index (χ3n) is 4.96. The van der Waals surface area contributed by atoms with Gasteiger partial charge in [0.1, 0.15) is 18.2 Å². The maximum Gasteiger partial charge on any atom is 0.337 e. The fourth-order valence-electron chi connectivity index (χ4n) is 3.47. The highest BCUT2D eigenvalue weighted by molar-refractivity contribution is 6.32. The number of allylic oxidation sites excluding steroid dienone is 1. The molecule has 0 radical (unpaired) electrons. The fraction of sp³-hybridized carbons (Fsp3) is 0.273. The van der Waals surface area contributed by atoms with Crippen LogP contribution in [0.1, 0.15) is 35.2 Å². The van der Waals surface area contributed by atoms with Gasteiger partial charge in [-0.25, -0.2) is 14.0 Å². The van der Waals surface area contributed by atoms with E-state index in [9.17, 15) is 14.0 Å². The first-order chi connectivity index (χ1) is 14.2. The molecule has 2 aromatic carbocycles. The predicted molar refractivity (Wildman–Crippen MR) is 111 cm³/mol. The Balaban J connectivity index is 1.98. The second-order valence-electron chi connectivity index (χ2n) is 7.06. The molecule has 1 heterocycles. The SMILES string of the molecule is COC(=O)C1=C(C)NC(=O)NC1c1cc(C)cc(COc2ccc(F)cc2Cl)c1C. The lowest BCUT2D eigenvalue weighted by atomic mass is 9.89. The molecule has 2 N–H and O–H groups in total. The molecule has 2 amide bonds. The number of carbonyl (C=O) groups excluding carboxylic acids is 2. The van der Waals surface area contributed by atoms with Gasteiger partial charge in [-0.3, -0.25) is 0 Å². The number of amides is 2. The smallest absolute Gasteiger partial charge is 0.337 e. The topological polar surface area (TPSA) is 76.7 Å². The Morgan fingerprint density at radius 1 is 1.20 bits per heavy atom. The van der Waals surface area contributed by atoms with E-state index in [1.807, 2.05) is 26.0 Å². The molecule has 1 aliphatic rings. The van der Waals surface area contributed by atoms with Crippen molar-refractivity contribution in [2.24, 2.45) is 0 Å². The van der Waals surface area contributed by atoms with E-state index in [0.717, 1.165) is 22.3 Å². The minimum Gasteiger partial charge on any atom is -0.487 e. The number of urea groups is 1. The number of aryl methyl sites for hydroxylation is 1. The van der Waals surface area contributed by atoms with Crippen molar-refractivity contribution in [1.82, 2.24) is 10.6 Å². The van der Waals surface area contributed by atoms with Crippen molar-refractivity contribution in [2.45, 2.75) is 33.4 Å². The van der Waals surface area contributed by atoms with Crippen LogP contribution in [0, 0.1) is 19.7 Å². The van der Waals surface area contributed by atoms with Crippen molar-refractivity contribution in [3.05, 3.63) is 74.7 Å². The number of halogens is 2. The molecule has 0 fully saturated rings. The monoisotopic (exact) mass is 432 g/mol. The van der Waals surface area contributed by atoms with E-state index in [0.29, 0.717) is 17.0 Å². The molecular formula is C22H22ClFN2O4. The van der Waals surface area contributed by atoms with Crippen LogP contribution in [-0.2, 0) is 16.1 Å². The lowest BCUT2D eigenvalue weighted by molar-refractivity contribution is -0.136. The predicted octanol–water partition coefficient (Wildman–Crippen LogP) is 4.48. The molecule has 3 rings (SSSR count). The van der Waals surface area contributed by atoms with Crippen molar-refractivity contribution in [3.63, 3.8) is 0 Å².